The summed E-state index contributed by atoms with van der Waals surface area (Å²) in [6, 6.07) is 0.251. The van der Waals surface area contributed by atoms with Gasteiger partial charge in [-0.1, -0.05) is 6.58 Å². The number of likely N-dealkylation sites (tertiary alicyclic amines) is 1. The Labute approximate surface area is 97.2 Å². The molecule has 0 radical (unpaired) electrons. The molecule has 1 rings (SSSR count). The number of methoxy groups -OCH3 is 1. The molecule has 1 aliphatic rings. The Bertz CT molecular complexity index is 253. The summed E-state index contributed by atoms with van der Waals surface area (Å²) in [5.74, 6) is 0.445. The average Bonchev–Trinajstić information content (AvgIpc) is 2.25. The summed E-state index contributed by atoms with van der Waals surface area (Å²) in [5, 5.41) is 0. The summed E-state index contributed by atoms with van der Waals surface area (Å²) in [4.78, 5) is 13.6. The maximum Gasteiger partial charge on any atom is 0.415 e. The van der Waals surface area contributed by atoms with Crippen LogP contribution in [-0.4, -0.2) is 37.3 Å². The van der Waals surface area contributed by atoms with Crippen molar-refractivity contribution in [3.63, 3.8) is 0 Å². The van der Waals surface area contributed by atoms with E-state index in [1.54, 1.807) is 18.9 Å². The van der Waals surface area contributed by atoms with E-state index in [1.807, 2.05) is 0 Å². The number of amides is 1. The molecule has 0 aromatic heterocycles. The molecule has 1 atom stereocenters. The van der Waals surface area contributed by atoms with E-state index in [-0.39, 0.29) is 12.1 Å². The van der Waals surface area contributed by atoms with Crippen molar-refractivity contribution < 1.29 is 14.3 Å². The Morgan fingerprint density at radius 3 is 2.88 bits per heavy atom. The quantitative estimate of drug-likeness (QED) is 0.693. The molecule has 16 heavy (non-hydrogen) atoms. The van der Waals surface area contributed by atoms with Crippen LogP contribution in [-0.2, 0) is 9.47 Å². The molecular weight excluding hydrogens is 206 g/mol. The minimum atomic E-state index is -0.270. The van der Waals surface area contributed by atoms with Gasteiger partial charge >= 0.3 is 6.09 Å². The van der Waals surface area contributed by atoms with Gasteiger partial charge in [0.1, 0.15) is 0 Å². The fraction of sp³-hybridized carbons (Fsp3) is 0.750. The SMILES string of the molecule is C=C(C)OC(=O)N1CCCCC1CCOC. The van der Waals surface area contributed by atoms with Crippen LogP contribution in [0.2, 0.25) is 0 Å². The van der Waals surface area contributed by atoms with Gasteiger partial charge in [-0.05, 0) is 32.6 Å². The van der Waals surface area contributed by atoms with Crippen LogP contribution < -0.4 is 0 Å². The number of carbonyl (C=O) groups is 1. The van der Waals surface area contributed by atoms with Crippen molar-refractivity contribution in [1.82, 2.24) is 4.90 Å². The number of ether oxygens (including phenoxy) is 2. The highest BCUT2D eigenvalue weighted by Gasteiger charge is 2.27. The first-order valence-corrected chi connectivity index (χ1v) is 5.78. The highest BCUT2D eigenvalue weighted by Crippen LogP contribution is 2.21. The lowest BCUT2D eigenvalue weighted by Crippen LogP contribution is -2.44. The lowest BCUT2D eigenvalue weighted by atomic mass is 10.0. The summed E-state index contributed by atoms with van der Waals surface area (Å²) >= 11 is 0. The van der Waals surface area contributed by atoms with E-state index in [4.69, 9.17) is 9.47 Å². The first kappa shape index (κ1) is 13.0. The van der Waals surface area contributed by atoms with Crippen molar-refractivity contribution >= 4 is 6.09 Å². The van der Waals surface area contributed by atoms with E-state index >= 15 is 0 Å². The first-order chi connectivity index (χ1) is 7.65. The van der Waals surface area contributed by atoms with Crippen LogP contribution in [0.25, 0.3) is 0 Å². The zero-order valence-electron chi connectivity index (χ0n) is 10.2. The molecule has 0 spiro atoms. The maximum absolute atomic E-state index is 11.8. The largest absolute Gasteiger partial charge is 0.416 e. The minimum Gasteiger partial charge on any atom is -0.416 e. The molecular formula is C12H21NO3. The van der Waals surface area contributed by atoms with Crippen molar-refractivity contribution in [3.8, 4) is 0 Å². The lowest BCUT2D eigenvalue weighted by molar-refractivity contribution is 0.0783. The third-order valence-electron chi connectivity index (χ3n) is 2.78. The average molecular weight is 227 g/mol. The zero-order valence-corrected chi connectivity index (χ0v) is 10.2. The van der Waals surface area contributed by atoms with E-state index in [2.05, 4.69) is 6.58 Å². The summed E-state index contributed by atoms with van der Waals surface area (Å²) in [7, 11) is 1.68. The van der Waals surface area contributed by atoms with Crippen LogP contribution in [0.15, 0.2) is 12.3 Å². The van der Waals surface area contributed by atoms with Gasteiger partial charge in [0.05, 0.1) is 5.76 Å². The van der Waals surface area contributed by atoms with E-state index in [1.165, 1.54) is 6.42 Å². The standard InChI is InChI=1S/C12H21NO3/c1-10(2)16-12(14)13-8-5-4-6-11(13)7-9-15-3/h11H,1,4-9H2,2-3H3. The molecule has 1 heterocycles. The number of nitrogens with zero attached hydrogens (tertiary/aromatic N) is 1. The molecule has 0 aliphatic carbocycles. The van der Waals surface area contributed by atoms with E-state index in [0.717, 1.165) is 25.8 Å². The van der Waals surface area contributed by atoms with E-state index < -0.39 is 0 Å². The Balaban J connectivity index is 2.51. The van der Waals surface area contributed by atoms with Crippen molar-refractivity contribution in [2.75, 3.05) is 20.3 Å². The molecule has 4 nitrogen and oxygen atoms in total. The van der Waals surface area contributed by atoms with Crippen molar-refractivity contribution in [3.05, 3.63) is 12.3 Å². The predicted octanol–water partition coefficient (Wildman–Crippen LogP) is 2.55. The summed E-state index contributed by atoms with van der Waals surface area (Å²) < 4.78 is 10.1. The molecule has 1 aliphatic heterocycles. The van der Waals surface area contributed by atoms with Gasteiger partial charge in [0.15, 0.2) is 0 Å². The fourth-order valence-electron chi connectivity index (χ4n) is 2.00. The van der Waals surface area contributed by atoms with Gasteiger partial charge in [0.2, 0.25) is 0 Å². The molecule has 92 valence electrons. The number of hydrogen-bond donors (Lipinski definition) is 0. The number of rotatable bonds is 4. The van der Waals surface area contributed by atoms with Gasteiger partial charge < -0.3 is 14.4 Å². The molecule has 1 amide bonds. The van der Waals surface area contributed by atoms with E-state index in [0.29, 0.717) is 12.4 Å². The van der Waals surface area contributed by atoms with Crippen LogP contribution in [0.5, 0.6) is 0 Å². The van der Waals surface area contributed by atoms with Crippen LogP contribution in [0, 0.1) is 0 Å². The van der Waals surface area contributed by atoms with Crippen LogP contribution in [0.4, 0.5) is 4.79 Å². The lowest BCUT2D eigenvalue weighted by Gasteiger charge is -2.34. The predicted molar refractivity (Wildman–Crippen MR) is 62.1 cm³/mol. The van der Waals surface area contributed by atoms with Gasteiger partial charge in [-0.3, -0.25) is 0 Å². The van der Waals surface area contributed by atoms with Gasteiger partial charge in [-0.25, -0.2) is 4.79 Å². The Kier molecular flexibility index (Phi) is 5.32. The Morgan fingerprint density at radius 2 is 2.25 bits per heavy atom. The second-order valence-electron chi connectivity index (χ2n) is 4.19. The molecule has 4 heteroatoms. The van der Waals surface area contributed by atoms with Crippen molar-refractivity contribution in [2.45, 2.75) is 38.6 Å². The van der Waals surface area contributed by atoms with Crippen LogP contribution in [0.1, 0.15) is 32.6 Å². The van der Waals surface area contributed by atoms with E-state index in [9.17, 15) is 4.79 Å². The first-order valence-electron chi connectivity index (χ1n) is 5.78. The number of carbonyl (C=O) groups excluding carboxylic acids is 1. The van der Waals surface area contributed by atoms with Gasteiger partial charge in [-0.15, -0.1) is 0 Å². The normalized spacial score (nSPS) is 20.6. The minimum absolute atomic E-state index is 0.251. The van der Waals surface area contributed by atoms with Gasteiger partial charge in [0, 0.05) is 26.3 Å². The smallest absolute Gasteiger partial charge is 0.415 e. The monoisotopic (exact) mass is 227 g/mol. The molecule has 0 N–H and O–H groups in total. The number of hydrogen-bond acceptors (Lipinski definition) is 3. The summed E-state index contributed by atoms with van der Waals surface area (Å²) in [6.45, 7) is 6.73. The molecule has 0 bridgehead atoms. The van der Waals surface area contributed by atoms with Crippen molar-refractivity contribution in [1.29, 1.82) is 0 Å². The molecule has 1 unspecified atom stereocenters. The topological polar surface area (TPSA) is 38.8 Å². The zero-order chi connectivity index (χ0) is 12.0. The second-order valence-corrected chi connectivity index (χ2v) is 4.19. The molecule has 0 aromatic carbocycles. The van der Waals surface area contributed by atoms with Crippen molar-refractivity contribution in [2.24, 2.45) is 0 Å². The van der Waals surface area contributed by atoms with Crippen LogP contribution in [0.3, 0.4) is 0 Å². The Morgan fingerprint density at radius 1 is 1.50 bits per heavy atom. The molecule has 0 saturated carbocycles. The Hall–Kier alpha value is -1.03. The van der Waals surface area contributed by atoms with Gasteiger partial charge in [-0.2, -0.15) is 0 Å². The molecule has 1 saturated heterocycles. The number of piperidine rings is 1. The second kappa shape index (κ2) is 6.53. The fourth-order valence-corrected chi connectivity index (χ4v) is 2.00. The highest BCUT2D eigenvalue weighted by atomic mass is 16.6. The number of allylic oxidation sites excluding steroid dienone is 1. The molecule has 0 aromatic rings. The molecule has 1 fully saturated rings. The van der Waals surface area contributed by atoms with Crippen LogP contribution >= 0.6 is 0 Å². The van der Waals surface area contributed by atoms with Gasteiger partial charge in [0.25, 0.3) is 0 Å². The third-order valence-corrected chi connectivity index (χ3v) is 2.78. The summed E-state index contributed by atoms with van der Waals surface area (Å²) in [5.41, 5.74) is 0. The third kappa shape index (κ3) is 3.85. The highest BCUT2D eigenvalue weighted by molar-refractivity contribution is 5.69. The maximum atomic E-state index is 11.8. The summed E-state index contributed by atoms with van der Waals surface area (Å²) in [6.07, 6.45) is 3.87.